The molecule has 0 aliphatic carbocycles. The fourth-order valence-corrected chi connectivity index (χ4v) is 2.50. The van der Waals surface area contributed by atoms with E-state index in [0.29, 0.717) is 19.7 Å². The lowest BCUT2D eigenvalue weighted by Crippen LogP contribution is -2.53. The molecule has 1 N–H and O–H groups in total. The maximum absolute atomic E-state index is 12.1. The molecule has 0 radical (unpaired) electrons. The van der Waals surface area contributed by atoms with Crippen LogP contribution in [0.3, 0.4) is 0 Å². The first-order valence-corrected chi connectivity index (χ1v) is 7.47. The van der Waals surface area contributed by atoms with Gasteiger partial charge in [0, 0.05) is 39.3 Å². The number of rotatable bonds is 2. The van der Waals surface area contributed by atoms with E-state index in [0.717, 1.165) is 32.7 Å². The average Bonchev–Trinajstić information content (AvgIpc) is 2.38. The summed E-state index contributed by atoms with van der Waals surface area (Å²) in [6, 6.07) is 0. The van der Waals surface area contributed by atoms with Crippen molar-refractivity contribution in [1.82, 2.24) is 15.1 Å². The summed E-state index contributed by atoms with van der Waals surface area (Å²) in [7, 11) is 0. The molecule has 1 amide bonds. The largest absolute Gasteiger partial charge is 0.444 e. The lowest BCUT2D eigenvalue weighted by Gasteiger charge is -2.37. The van der Waals surface area contributed by atoms with Gasteiger partial charge in [-0.3, -0.25) is 4.90 Å². The Hall–Kier alpha value is -0.850. The second-order valence-electron chi connectivity index (χ2n) is 6.47. The molecule has 6 nitrogen and oxygen atoms in total. The van der Waals surface area contributed by atoms with E-state index in [1.54, 1.807) is 4.90 Å². The molecule has 0 unspecified atom stereocenters. The second-order valence-corrected chi connectivity index (χ2v) is 6.47. The zero-order valence-electron chi connectivity index (χ0n) is 12.9. The Bertz CT molecular complexity index is 324. The van der Waals surface area contributed by atoms with Crippen LogP contribution in [0.5, 0.6) is 0 Å². The van der Waals surface area contributed by atoms with Crippen molar-refractivity contribution in [3.63, 3.8) is 0 Å². The number of amides is 1. The first-order valence-electron chi connectivity index (χ1n) is 7.47. The van der Waals surface area contributed by atoms with Gasteiger partial charge in [-0.2, -0.15) is 0 Å². The van der Waals surface area contributed by atoms with Crippen LogP contribution in [0, 0.1) is 0 Å². The summed E-state index contributed by atoms with van der Waals surface area (Å²) in [5.74, 6) is 0. The Labute approximate surface area is 121 Å². The van der Waals surface area contributed by atoms with E-state index in [9.17, 15) is 4.79 Å². The summed E-state index contributed by atoms with van der Waals surface area (Å²) in [5, 5.41) is 3.34. The standard InChI is InChI=1S/C14H27N3O3/c1-14(2,3)20-13(18)17-8-9-19-12(11-17)10-16-6-4-15-5-7-16/h12,15H,4-11H2,1-3H3/t12-/m1/s1. The van der Waals surface area contributed by atoms with Crippen LogP contribution in [0.15, 0.2) is 0 Å². The summed E-state index contributed by atoms with van der Waals surface area (Å²) >= 11 is 0. The van der Waals surface area contributed by atoms with Gasteiger partial charge in [0.2, 0.25) is 0 Å². The molecule has 2 aliphatic rings. The fraction of sp³-hybridized carbons (Fsp3) is 0.929. The molecule has 0 bridgehead atoms. The van der Waals surface area contributed by atoms with Crippen molar-refractivity contribution in [2.45, 2.75) is 32.5 Å². The van der Waals surface area contributed by atoms with Crippen LogP contribution in [0.4, 0.5) is 4.79 Å². The quantitative estimate of drug-likeness (QED) is 0.802. The number of ether oxygens (including phenoxy) is 2. The number of hydrogen-bond acceptors (Lipinski definition) is 5. The molecule has 2 aliphatic heterocycles. The van der Waals surface area contributed by atoms with E-state index in [1.807, 2.05) is 20.8 Å². The summed E-state index contributed by atoms with van der Waals surface area (Å²) < 4.78 is 11.2. The molecular formula is C14H27N3O3. The molecule has 0 aromatic carbocycles. The second kappa shape index (κ2) is 6.74. The molecule has 2 saturated heterocycles. The van der Waals surface area contributed by atoms with Crippen molar-refractivity contribution in [2.75, 3.05) is 52.4 Å². The van der Waals surface area contributed by atoms with Crippen LogP contribution in [0.25, 0.3) is 0 Å². The molecule has 0 aromatic heterocycles. The van der Waals surface area contributed by atoms with Gasteiger partial charge in [-0.05, 0) is 20.8 Å². The van der Waals surface area contributed by atoms with Gasteiger partial charge in [-0.15, -0.1) is 0 Å². The topological polar surface area (TPSA) is 54.0 Å². The van der Waals surface area contributed by atoms with Crippen LogP contribution in [-0.4, -0.2) is 80.0 Å². The smallest absolute Gasteiger partial charge is 0.410 e. The lowest BCUT2D eigenvalue weighted by atomic mass is 10.2. The first-order chi connectivity index (χ1) is 9.44. The number of morpholine rings is 1. The van der Waals surface area contributed by atoms with Crippen molar-refractivity contribution in [1.29, 1.82) is 0 Å². The third-order valence-corrected chi connectivity index (χ3v) is 3.46. The van der Waals surface area contributed by atoms with Crippen LogP contribution in [0.2, 0.25) is 0 Å². The molecule has 116 valence electrons. The highest BCUT2D eigenvalue weighted by molar-refractivity contribution is 5.68. The maximum atomic E-state index is 12.1. The van der Waals surface area contributed by atoms with Gasteiger partial charge >= 0.3 is 6.09 Å². The Morgan fingerprint density at radius 1 is 1.30 bits per heavy atom. The number of nitrogens with one attached hydrogen (secondary N) is 1. The predicted molar refractivity (Wildman–Crippen MR) is 76.9 cm³/mol. The maximum Gasteiger partial charge on any atom is 0.410 e. The minimum atomic E-state index is -0.441. The van der Waals surface area contributed by atoms with E-state index in [2.05, 4.69) is 10.2 Å². The van der Waals surface area contributed by atoms with Crippen molar-refractivity contribution >= 4 is 6.09 Å². The molecule has 1 atom stereocenters. The molecule has 2 heterocycles. The molecule has 2 rings (SSSR count). The number of piperazine rings is 1. The van der Waals surface area contributed by atoms with Crippen LogP contribution < -0.4 is 5.32 Å². The van der Waals surface area contributed by atoms with E-state index >= 15 is 0 Å². The highest BCUT2D eigenvalue weighted by Crippen LogP contribution is 2.13. The van der Waals surface area contributed by atoms with E-state index < -0.39 is 5.60 Å². The van der Waals surface area contributed by atoms with Crippen molar-refractivity contribution in [3.05, 3.63) is 0 Å². The van der Waals surface area contributed by atoms with Gasteiger partial charge in [0.1, 0.15) is 5.60 Å². The van der Waals surface area contributed by atoms with E-state index in [4.69, 9.17) is 9.47 Å². The summed E-state index contributed by atoms with van der Waals surface area (Å²) in [5.41, 5.74) is -0.441. The Morgan fingerprint density at radius 2 is 2.00 bits per heavy atom. The van der Waals surface area contributed by atoms with Crippen LogP contribution >= 0.6 is 0 Å². The molecule has 20 heavy (non-hydrogen) atoms. The summed E-state index contributed by atoms with van der Waals surface area (Å²) in [6.07, 6.45) is -0.138. The van der Waals surface area contributed by atoms with Crippen LogP contribution in [-0.2, 0) is 9.47 Å². The normalized spacial score (nSPS) is 25.6. The number of hydrogen-bond donors (Lipinski definition) is 1. The van der Waals surface area contributed by atoms with E-state index in [-0.39, 0.29) is 12.2 Å². The van der Waals surface area contributed by atoms with Gasteiger partial charge in [-0.1, -0.05) is 0 Å². The fourth-order valence-electron chi connectivity index (χ4n) is 2.50. The lowest BCUT2D eigenvalue weighted by molar-refractivity contribution is -0.0530. The van der Waals surface area contributed by atoms with Gasteiger partial charge in [0.05, 0.1) is 19.3 Å². The molecule has 0 aromatic rings. The first kappa shape index (κ1) is 15.5. The number of carbonyl (C=O) groups excluding carboxylic acids is 1. The third-order valence-electron chi connectivity index (χ3n) is 3.46. The third kappa shape index (κ3) is 4.92. The van der Waals surface area contributed by atoms with Gasteiger partial charge in [0.25, 0.3) is 0 Å². The highest BCUT2D eigenvalue weighted by Gasteiger charge is 2.29. The SMILES string of the molecule is CC(C)(C)OC(=O)N1CCO[C@H](CN2CCNCC2)C1. The molecule has 0 saturated carbocycles. The number of nitrogens with zero attached hydrogens (tertiary/aromatic N) is 2. The highest BCUT2D eigenvalue weighted by atomic mass is 16.6. The van der Waals surface area contributed by atoms with Crippen molar-refractivity contribution < 1.29 is 14.3 Å². The summed E-state index contributed by atoms with van der Waals surface area (Å²) in [6.45, 7) is 12.6. The minimum absolute atomic E-state index is 0.0920. The Kier molecular flexibility index (Phi) is 5.23. The molecule has 6 heteroatoms. The zero-order valence-corrected chi connectivity index (χ0v) is 12.9. The minimum Gasteiger partial charge on any atom is -0.444 e. The van der Waals surface area contributed by atoms with Gasteiger partial charge in [0.15, 0.2) is 0 Å². The zero-order chi connectivity index (χ0) is 14.6. The van der Waals surface area contributed by atoms with Crippen LogP contribution in [0.1, 0.15) is 20.8 Å². The van der Waals surface area contributed by atoms with Crippen molar-refractivity contribution in [2.24, 2.45) is 0 Å². The summed E-state index contributed by atoms with van der Waals surface area (Å²) in [4.78, 5) is 16.2. The predicted octanol–water partition coefficient (Wildman–Crippen LogP) is 0.528. The van der Waals surface area contributed by atoms with Crippen molar-refractivity contribution in [3.8, 4) is 0 Å². The Morgan fingerprint density at radius 3 is 2.65 bits per heavy atom. The van der Waals surface area contributed by atoms with Gasteiger partial charge in [-0.25, -0.2) is 4.79 Å². The molecule has 2 fully saturated rings. The Balaban J connectivity index is 1.80. The van der Waals surface area contributed by atoms with Gasteiger partial charge < -0.3 is 19.7 Å². The van der Waals surface area contributed by atoms with E-state index in [1.165, 1.54) is 0 Å². The molecule has 0 spiro atoms. The molecular weight excluding hydrogens is 258 g/mol. The monoisotopic (exact) mass is 285 g/mol. The number of carbonyl (C=O) groups is 1. The average molecular weight is 285 g/mol.